The first-order chi connectivity index (χ1) is 9.21. The molecule has 0 spiro atoms. The fourth-order valence-electron chi connectivity index (χ4n) is 2.87. The number of halogens is 2. The number of rotatable bonds is 6. The van der Waals surface area contributed by atoms with Gasteiger partial charge in [0.1, 0.15) is 5.82 Å². The van der Waals surface area contributed by atoms with Crippen LogP contribution in [-0.4, -0.2) is 13.1 Å². The minimum absolute atomic E-state index is 0.192. The summed E-state index contributed by atoms with van der Waals surface area (Å²) in [5, 5.41) is 3.39. The normalized spacial score (nSPS) is 15.2. The predicted molar refractivity (Wildman–Crippen MR) is 88.5 cm³/mol. The molecule has 0 aliphatic carbocycles. The molecule has 1 aromatic rings. The molecule has 2 unspecified atom stereocenters. The van der Waals surface area contributed by atoms with E-state index in [4.69, 9.17) is 0 Å². The Balaban J connectivity index is 2.63. The Bertz CT molecular complexity index is 425. The van der Waals surface area contributed by atoms with E-state index in [1.807, 2.05) is 13.1 Å². The van der Waals surface area contributed by atoms with Gasteiger partial charge in [0.2, 0.25) is 0 Å². The van der Waals surface area contributed by atoms with Crippen LogP contribution in [-0.2, 0) is 6.42 Å². The van der Waals surface area contributed by atoms with Crippen molar-refractivity contribution in [2.24, 2.45) is 11.3 Å². The molecule has 0 saturated carbocycles. The van der Waals surface area contributed by atoms with E-state index < -0.39 is 0 Å². The van der Waals surface area contributed by atoms with Gasteiger partial charge in [-0.1, -0.05) is 49.7 Å². The highest BCUT2D eigenvalue weighted by atomic mass is 79.9. The molecular weight excluding hydrogens is 317 g/mol. The van der Waals surface area contributed by atoms with Gasteiger partial charge in [0, 0.05) is 10.5 Å². The van der Waals surface area contributed by atoms with Crippen molar-refractivity contribution in [1.29, 1.82) is 0 Å². The maximum Gasteiger partial charge on any atom is 0.124 e. The predicted octanol–water partition coefficient (Wildman–Crippen LogP) is 5.18. The van der Waals surface area contributed by atoms with Gasteiger partial charge in [-0.25, -0.2) is 4.39 Å². The molecule has 1 rings (SSSR count). The monoisotopic (exact) mass is 343 g/mol. The molecule has 1 aromatic carbocycles. The Morgan fingerprint density at radius 2 is 1.95 bits per heavy atom. The summed E-state index contributed by atoms with van der Waals surface area (Å²) >= 11 is 3.45. The van der Waals surface area contributed by atoms with E-state index in [1.54, 1.807) is 6.07 Å². The highest BCUT2D eigenvalue weighted by Crippen LogP contribution is 2.28. The van der Waals surface area contributed by atoms with Crippen molar-refractivity contribution in [3.8, 4) is 0 Å². The summed E-state index contributed by atoms with van der Waals surface area (Å²) in [5.41, 5.74) is 1.53. The van der Waals surface area contributed by atoms with Gasteiger partial charge in [-0.2, -0.15) is 0 Å². The molecule has 3 heteroatoms. The number of hydrogen-bond donors (Lipinski definition) is 1. The van der Waals surface area contributed by atoms with Crippen molar-refractivity contribution in [2.45, 2.75) is 53.0 Å². The minimum Gasteiger partial charge on any atom is -0.317 e. The van der Waals surface area contributed by atoms with E-state index in [-0.39, 0.29) is 5.82 Å². The molecule has 0 bridgehead atoms. The lowest BCUT2D eigenvalue weighted by Crippen LogP contribution is -2.30. The summed E-state index contributed by atoms with van der Waals surface area (Å²) in [4.78, 5) is 0. The summed E-state index contributed by atoms with van der Waals surface area (Å²) in [6.07, 6.45) is 3.28. The van der Waals surface area contributed by atoms with Crippen molar-refractivity contribution in [3.05, 3.63) is 34.1 Å². The second-order valence-corrected chi connectivity index (χ2v) is 7.89. The van der Waals surface area contributed by atoms with Gasteiger partial charge in [0.25, 0.3) is 0 Å². The third-order valence-corrected chi connectivity index (χ3v) is 4.28. The maximum absolute atomic E-state index is 13.1. The van der Waals surface area contributed by atoms with Crippen LogP contribution < -0.4 is 5.32 Å². The molecule has 20 heavy (non-hydrogen) atoms. The lowest BCUT2D eigenvalue weighted by atomic mass is 9.82. The minimum atomic E-state index is -0.192. The Labute approximate surface area is 131 Å². The second-order valence-electron chi connectivity index (χ2n) is 7.03. The van der Waals surface area contributed by atoms with E-state index >= 15 is 0 Å². The largest absolute Gasteiger partial charge is 0.317 e. The molecule has 0 aliphatic heterocycles. The second kappa shape index (κ2) is 7.56. The third kappa shape index (κ3) is 6.36. The molecule has 114 valence electrons. The Hall–Kier alpha value is -0.410. The lowest BCUT2D eigenvalue weighted by Gasteiger charge is -2.27. The molecule has 0 heterocycles. The summed E-state index contributed by atoms with van der Waals surface area (Å²) in [6.45, 7) is 9.17. The van der Waals surface area contributed by atoms with Gasteiger partial charge in [0.15, 0.2) is 0 Å². The molecule has 1 nitrogen and oxygen atoms in total. The Morgan fingerprint density at radius 3 is 2.45 bits per heavy atom. The quantitative estimate of drug-likeness (QED) is 0.750. The van der Waals surface area contributed by atoms with E-state index in [9.17, 15) is 4.39 Å². The summed E-state index contributed by atoms with van der Waals surface area (Å²) in [5.74, 6) is 0.481. The molecule has 1 N–H and O–H groups in total. The molecule has 0 saturated heterocycles. The van der Waals surface area contributed by atoms with Gasteiger partial charge in [-0.05, 0) is 55.3 Å². The van der Waals surface area contributed by atoms with Crippen molar-refractivity contribution < 1.29 is 4.39 Å². The number of nitrogens with one attached hydrogen (secondary N) is 1. The number of hydrogen-bond acceptors (Lipinski definition) is 1. The standard InChI is InChI=1S/C17H27BrFN/c1-12(11-17(2,3)4)8-15(20-5)9-13-6-7-14(19)10-16(13)18/h6-7,10,12,15,20H,8-9,11H2,1-5H3. The smallest absolute Gasteiger partial charge is 0.124 e. The molecule has 2 atom stereocenters. The first kappa shape index (κ1) is 17.6. The highest BCUT2D eigenvalue weighted by Gasteiger charge is 2.19. The summed E-state index contributed by atoms with van der Waals surface area (Å²) in [6, 6.07) is 5.37. The van der Waals surface area contributed by atoms with Crippen LogP contribution in [0, 0.1) is 17.2 Å². The topological polar surface area (TPSA) is 12.0 Å². The zero-order valence-electron chi connectivity index (χ0n) is 13.3. The van der Waals surface area contributed by atoms with Crippen LogP contribution in [0.5, 0.6) is 0 Å². The van der Waals surface area contributed by atoms with Crippen molar-refractivity contribution in [2.75, 3.05) is 7.05 Å². The summed E-state index contributed by atoms with van der Waals surface area (Å²) < 4.78 is 14.0. The first-order valence-electron chi connectivity index (χ1n) is 7.32. The van der Waals surface area contributed by atoms with Crippen LogP contribution in [0.1, 0.15) is 46.1 Å². The molecule has 0 radical (unpaired) electrons. The molecular formula is C17H27BrFN. The van der Waals surface area contributed by atoms with Crippen LogP contribution in [0.15, 0.2) is 22.7 Å². The SMILES string of the molecule is CNC(Cc1ccc(F)cc1Br)CC(C)CC(C)(C)C. The maximum atomic E-state index is 13.1. The average molecular weight is 344 g/mol. The molecule has 0 amide bonds. The lowest BCUT2D eigenvalue weighted by molar-refractivity contribution is 0.277. The zero-order chi connectivity index (χ0) is 15.3. The molecule has 0 aliphatic rings. The molecule has 0 aromatic heterocycles. The van der Waals surface area contributed by atoms with E-state index in [1.165, 1.54) is 12.5 Å². The van der Waals surface area contributed by atoms with Crippen molar-refractivity contribution in [3.63, 3.8) is 0 Å². The average Bonchev–Trinajstić information content (AvgIpc) is 2.29. The van der Waals surface area contributed by atoms with Crippen molar-refractivity contribution in [1.82, 2.24) is 5.32 Å². The highest BCUT2D eigenvalue weighted by molar-refractivity contribution is 9.10. The van der Waals surface area contributed by atoms with Gasteiger partial charge in [-0.15, -0.1) is 0 Å². The fourth-order valence-corrected chi connectivity index (χ4v) is 3.38. The van der Waals surface area contributed by atoms with Gasteiger partial charge in [-0.3, -0.25) is 0 Å². The van der Waals surface area contributed by atoms with Gasteiger partial charge in [0.05, 0.1) is 0 Å². The fraction of sp³-hybridized carbons (Fsp3) is 0.647. The van der Waals surface area contributed by atoms with E-state index in [2.05, 4.69) is 48.9 Å². The summed E-state index contributed by atoms with van der Waals surface area (Å²) in [7, 11) is 2.01. The Morgan fingerprint density at radius 1 is 1.30 bits per heavy atom. The van der Waals surface area contributed by atoms with E-state index in [0.29, 0.717) is 17.4 Å². The van der Waals surface area contributed by atoms with Crippen LogP contribution in [0.25, 0.3) is 0 Å². The van der Waals surface area contributed by atoms with E-state index in [0.717, 1.165) is 22.9 Å². The number of benzene rings is 1. The number of likely N-dealkylation sites (N-methyl/N-ethyl adjacent to an activating group) is 1. The van der Waals surface area contributed by atoms with Gasteiger partial charge < -0.3 is 5.32 Å². The molecule has 0 fully saturated rings. The van der Waals surface area contributed by atoms with Crippen LogP contribution >= 0.6 is 15.9 Å². The van der Waals surface area contributed by atoms with Gasteiger partial charge >= 0.3 is 0 Å². The van der Waals surface area contributed by atoms with Crippen LogP contribution in [0.4, 0.5) is 4.39 Å². The first-order valence-corrected chi connectivity index (χ1v) is 8.12. The van der Waals surface area contributed by atoms with Crippen LogP contribution in [0.2, 0.25) is 0 Å². The zero-order valence-corrected chi connectivity index (χ0v) is 14.8. The van der Waals surface area contributed by atoms with Crippen LogP contribution in [0.3, 0.4) is 0 Å². The van der Waals surface area contributed by atoms with Crippen molar-refractivity contribution >= 4 is 15.9 Å². The Kier molecular flexibility index (Phi) is 6.67. The third-order valence-electron chi connectivity index (χ3n) is 3.54.